The SMILES string of the molecule is COc1cc(C23CCC[NH+](CCC(C(C)(C)C)C2)C32OCCO2)cc(OC)c1OC. The van der Waals surface area contributed by atoms with E-state index in [1.807, 2.05) is 0 Å². The van der Waals surface area contributed by atoms with E-state index in [1.54, 1.807) is 21.3 Å². The van der Waals surface area contributed by atoms with Crippen LogP contribution < -0.4 is 19.1 Å². The van der Waals surface area contributed by atoms with Crippen molar-refractivity contribution >= 4 is 0 Å². The van der Waals surface area contributed by atoms with Crippen LogP contribution in [0.5, 0.6) is 17.2 Å². The van der Waals surface area contributed by atoms with Gasteiger partial charge in [0.15, 0.2) is 11.5 Å². The molecule has 3 unspecified atom stereocenters. The van der Waals surface area contributed by atoms with Crippen LogP contribution in [-0.4, -0.2) is 53.5 Å². The Morgan fingerprint density at radius 2 is 1.60 bits per heavy atom. The van der Waals surface area contributed by atoms with Gasteiger partial charge in [-0.3, -0.25) is 4.90 Å². The lowest BCUT2D eigenvalue weighted by molar-refractivity contribution is -1.01. The smallest absolute Gasteiger partial charge is 0.327 e. The van der Waals surface area contributed by atoms with Gasteiger partial charge in [-0.25, -0.2) is 0 Å². The summed E-state index contributed by atoms with van der Waals surface area (Å²) < 4.78 is 30.2. The zero-order chi connectivity index (χ0) is 21.6. The second-order valence-electron chi connectivity index (χ2n) is 10.1. The quantitative estimate of drug-likeness (QED) is 0.812. The standard InChI is InChI=1S/C24H37NO5/c1-22(2,3)17-8-11-25-10-7-9-23(16-17,24(25)29-12-13-30-24)18-14-19(26-4)21(28-6)20(15-18)27-5/h14-15,17H,7-13,16H2,1-6H3/p+1. The molecule has 1 aromatic carbocycles. The summed E-state index contributed by atoms with van der Waals surface area (Å²) in [6.07, 6.45) is 4.39. The van der Waals surface area contributed by atoms with Crippen LogP contribution in [0.4, 0.5) is 0 Å². The molecule has 3 fully saturated rings. The Hall–Kier alpha value is -1.50. The Bertz CT molecular complexity index is 742. The molecule has 6 heteroatoms. The molecule has 168 valence electrons. The van der Waals surface area contributed by atoms with Crippen LogP contribution >= 0.6 is 0 Å². The summed E-state index contributed by atoms with van der Waals surface area (Å²) in [5, 5.41) is 0. The minimum Gasteiger partial charge on any atom is -0.493 e. The molecule has 0 radical (unpaired) electrons. The van der Waals surface area contributed by atoms with Crippen molar-refractivity contribution in [3.8, 4) is 17.2 Å². The molecular formula is C24H38NO5+. The maximum Gasteiger partial charge on any atom is 0.327 e. The van der Waals surface area contributed by atoms with Gasteiger partial charge >= 0.3 is 5.91 Å². The molecule has 3 aliphatic rings. The Balaban J connectivity index is 1.94. The van der Waals surface area contributed by atoms with Crippen molar-refractivity contribution in [2.75, 3.05) is 47.6 Å². The number of nitrogens with one attached hydrogen (secondary N) is 1. The molecule has 1 N–H and O–H groups in total. The molecule has 6 nitrogen and oxygen atoms in total. The van der Waals surface area contributed by atoms with E-state index in [4.69, 9.17) is 23.7 Å². The van der Waals surface area contributed by atoms with E-state index < -0.39 is 5.91 Å². The average Bonchev–Trinajstić information content (AvgIpc) is 3.19. The van der Waals surface area contributed by atoms with E-state index in [0.29, 0.717) is 36.4 Å². The van der Waals surface area contributed by atoms with Crippen LogP contribution in [0.1, 0.15) is 52.0 Å². The highest BCUT2D eigenvalue weighted by Gasteiger charge is 2.68. The first kappa shape index (κ1) is 21.7. The van der Waals surface area contributed by atoms with Crippen molar-refractivity contribution < 1.29 is 28.6 Å². The highest BCUT2D eigenvalue weighted by atomic mass is 16.8. The first-order chi connectivity index (χ1) is 14.3. The molecule has 0 amide bonds. The van der Waals surface area contributed by atoms with E-state index in [9.17, 15) is 0 Å². The molecule has 3 saturated heterocycles. The van der Waals surface area contributed by atoms with Gasteiger partial charge in [0, 0.05) is 6.42 Å². The van der Waals surface area contributed by atoms with Crippen molar-refractivity contribution in [3.05, 3.63) is 17.7 Å². The number of rotatable bonds is 4. The molecule has 4 rings (SSSR count). The van der Waals surface area contributed by atoms with Crippen molar-refractivity contribution in [1.29, 1.82) is 0 Å². The third-order valence-electron chi connectivity index (χ3n) is 7.70. The van der Waals surface area contributed by atoms with Gasteiger partial charge in [0.05, 0.1) is 47.6 Å². The molecule has 3 atom stereocenters. The topological polar surface area (TPSA) is 50.6 Å². The summed E-state index contributed by atoms with van der Waals surface area (Å²) in [6, 6.07) is 4.25. The summed E-state index contributed by atoms with van der Waals surface area (Å²) in [5.74, 6) is 1.94. The molecule has 3 heterocycles. The second-order valence-corrected chi connectivity index (χ2v) is 10.1. The van der Waals surface area contributed by atoms with Gasteiger partial charge in [0.2, 0.25) is 5.75 Å². The van der Waals surface area contributed by atoms with E-state index in [1.165, 1.54) is 16.9 Å². The molecule has 0 saturated carbocycles. The Kier molecular flexibility index (Phi) is 5.71. The lowest BCUT2D eigenvalue weighted by Gasteiger charge is -2.51. The van der Waals surface area contributed by atoms with Crippen LogP contribution in [0, 0.1) is 11.3 Å². The van der Waals surface area contributed by atoms with Gasteiger partial charge in [0.1, 0.15) is 5.41 Å². The van der Waals surface area contributed by atoms with E-state index in [-0.39, 0.29) is 10.8 Å². The Morgan fingerprint density at radius 3 is 2.13 bits per heavy atom. The number of ether oxygens (including phenoxy) is 5. The average molecular weight is 421 g/mol. The van der Waals surface area contributed by atoms with E-state index in [0.717, 1.165) is 32.4 Å². The Labute approximate surface area is 180 Å². The first-order valence-electron chi connectivity index (χ1n) is 11.2. The van der Waals surface area contributed by atoms with E-state index >= 15 is 0 Å². The molecule has 0 aromatic heterocycles. The van der Waals surface area contributed by atoms with Crippen molar-refractivity contribution in [2.45, 2.75) is 57.8 Å². The van der Waals surface area contributed by atoms with Gasteiger partial charge in [-0.2, -0.15) is 0 Å². The van der Waals surface area contributed by atoms with Crippen molar-refractivity contribution in [2.24, 2.45) is 11.3 Å². The van der Waals surface area contributed by atoms with Crippen LogP contribution in [0.2, 0.25) is 0 Å². The normalized spacial score (nSPS) is 30.7. The zero-order valence-corrected chi connectivity index (χ0v) is 19.4. The lowest BCUT2D eigenvalue weighted by atomic mass is 9.62. The minimum atomic E-state index is -0.643. The van der Waals surface area contributed by atoms with E-state index in [2.05, 4.69) is 32.9 Å². The van der Waals surface area contributed by atoms with Crippen molar-refractivity contribution in [3.63, 3.8) is 0 Å². The minimum absolute atomic E-state index is 0.214. The number of quaternary nitrogens is 1. The summed E-state index contributed by atoms with van der Waals surface area (Å²) in [4.78, 5) is 1.44. The summed E-state index contributed by atoms with van der Waals surface area (Å²) >= 11 is 0. The largest absolute Gasteiger partial charge is 0.493 e. The number of hydrogen-bond acceptors (Lipinski definition) is 5. The second kappa shape index (κ2) is 7.88. The highest BCUT2D eigenvalue weighted by molar-refractivity contribution is 5.55. The number of methoxy groups -OCH3 is 3. The fourth-order valence-corrected chi connectivity index (χ4v) is 6.11. The number of piperidine rings is 1. The first-order valence-corrected chi connectivity index (χ1v) is 11.2. The van der Waals surface area contributed by atoms with Gasteiger partial charge in [0.25, 0.3) is 0 Å². The van der Waals surface area contributed by atoms with Crippen LogP contribution in [0.15, 0.2) is 12.1 Å². The predicted octanol–water partition coefficient (Wildman–Crippen LogP) is 2.79. The fraction of sp³-hybridized carbons (Fsp3) is 0.750. The molecule has 2 bridgehead atoms. The molecule has 0 aliphatic carbocycles. The number of hydrogen-bond donors (Lipinski definition) is 1. The summed E-state index contributed by atoms with van der Waals surface area (Å²) in [5.41, 5.74) is 1.12. The molecule has 1 aromatic rings. The maximum absolute atomic E-state index is 6.58. The maximum atomic E-state index is 6.58. The predicted molar refractivity (Wildman–Crippen MR) is 115 cm³/mol. The van der Waals surface area contributed by atoms with Gasteiger partial charge in [-0.05, 0) is 48.3 Å². The molecule has 1 spiro atoms. The Morgan fingerprint density at radius 1 is 0.967 bits per heavy atom. The number of benzene rings is 1. The van der Waals surface area contributed by atoms with Gasteiger partial charge in [-0.15, -0.1) is 0 Å². The summed E-state index contributed by atoms with van der Waals surface area (Å²) in [7, 11) is 5.01. The molecule has 3 aliphatic heterocycles. The van der Waals surface area contributed by atoms with Crippen LogP contribution in [-0.2, 0) is 14.9 Å². The van der Waals surface area contributed by atoms with Crippen molar-refractivity contribution in [1.82, 2.24) is 0 Å². The highest BCUT2D eigenvalue weighted by Crippen LogP contribution is 2.54. The molecular weight excluding hydrogens is 382 g/mol. The monoisotopic (exact) mass is 420 g/mol. The molecule has 30 heavy (non-hydrogen) atoms. The zero-order valence-electron chi connectivity index (χ0n) is 19.4. The fourth-order valence-electron chi connectivity index (χ4n) is 6.11. The third-order valence-corrected chi connectivity index (χ3v) is 7.70. The van der Waals surface area contributed by atoms with Gasteiger partial charge < -0.3 is 23.7 Å². The van der Waals surface area contributed by atoms with Gasteiger partial charge in [-0.1, -0.05) is 20.8 Å². The van der Waals surface area contributed by atoms with Crippen LogP contribution in [0.3, 0.4) is 0 Å². The lowest BCUT2D eigenvalue weighted by Crippen LogP contribution is -3.23. The third kappa shape index (κ3) is 3.19. The summed E-state index contributed by atoms with van der Waals surface area (Å²) in [6.45, 7) is 10.6. The van der Waals surface area contributed by atoms with Crippen LogP contribution in [0.25, 0.3) is 0 Å².